The van der Waals surface area contributed by atoms with E-state index in [-0.39, 0.29) is 0 Å². The van der Waals surface area contributed by atoms with Crippen LogP contribution in [0.5, 0.6) is 0 Å². The average Bonchev–Trinajstić information content (AvgIpc) is 2.47. The van der Waals surface area contributed by atoms with Crippen LogP contribution in [0.25, 0.3) is 0 Å². The zero-order chi connectivity index (χ0) is 9.97. The topological polar surface area (TPSA) is 39.1 Å². The van der Waals surface area contributed by atoms with Crippen LogP contribution in [0.1, 0.15) is 18.5 Å². The van der Waals surface area contributed by atoms with E-state index in [1.54, 1.807) is 0 Å². The van der Waals surface area contributed by atoms with Crippen LogP contribution in [0.4, 0.5) is 5.95 Å². The Morgan fingerprint density at radius 3 is 3.07 bits per heavy atom. The highest BCUT2D eigenvalue weighted by molar-refractivity contribution is 5.29. The van der Waals surface area contributed by atoms with Gasteiger partial charge in [0.05, 0.1) is 18.3 Å². The van der Waals surface area contributed by atoms with Gasteiger partial charge < -0.3 is 14.6 Å². The van der Waals surface area contributed by atoms with Crippen molar-refractivity contribution in [1.29, 1.82) is 0 Å². The predicted octanol–water partition coefficient (Wildman–Crippen LogP) is 1.32. The van der Waals surface area contributed by atoms with E-state index in [0.29, 0.717) is 6.04 Å². The molecule has 4 heteroatoms. The highest BCUT2D eigenvalue weighted by atomic mass is 16.5. The molecule has 78 valence electrons. The van der Waals surface area contributed by atoms with E-state index in [0.717, 1.165) is 31.3 Å². The van der Waals surface area contributed by atoms with Gasteiger partial charge in [-0.2, -0.15) is 0 Å². The maximum Gasteiger partial charge on any atom is 0.203 e. The third kappa shape index (κ3) is 2.07. The molecule has 1 atom stereocenters. The van der Waals surface area contributed by atoms with Crippen LogP contribution >= 0.6 is 0 Å². The minimum Gasteiger partial charge on any atom is -0.379 e. The number of hydrogen-bond acceptors (Lipinski definition) is 3. The molecule has 1 aliphatic rings. The van der Waals surface area contributed by atoms with Gasteiger partial charge in [0.25, 0.3) is 0 Å². The molecule has 0 aromatic carbocycles. The molecule has 0 aliphatic carbocycles. The van der Waals surface area contributed by atoms with E-state index in [4.69, 9.17) is 4.74 Å². The smallest absolute Gasteiger partial charge is 0.203 e. The third-order valence-corrected chi connectivity index (χ3v) is 2.49. The molecule has 0 spiro atoms. The van der Waals surface area contributed by atoms with E-state index < -0.39 is 0 Å². The van der Waals surface area contributed by atoms with Gasteiger partial charge in [-0.15, -0.1) is 0 Å². The molecule has 2 heterocycles. The molecule has 1 fully saturated rings. The summed E-state index contributed by atoms with van der Waals surface area (Å²) in [5, 5.41) is 3.40. The zero-order valence-electron chi connectivity index (χ0n) is 8.79. The molecular formula is C10H17N3O. The van der Waals surface area contributed by atoms with Gasteiger partial charge in [0.1, 0.15) is 0 Å². The molecule has 0 bridgehead atoms. The first-order chi connectivity index (χ1) is 6.75. The maximum absolute atomic E-state index is 5.40. The summed E-state index contributed by atoms with van der Waals surface area (Å²) in [7, 11) is 2.01. The maximum atomic E-state index is 5.40. The van der Waals surface area contributed by atoms with Gasteiger partial charge in [0.2, 0.25) is 5.95 Å². The molecule has 1 N–H and O–H groups in total. The van der Waals surface area contributed by atoms with Gasteiger partial charge in [0, 0.05) is 19.9 Å². The fourth-order valence-corrected chi connectivity index (χ4v) is 1.79. The van der Waals surface area contributed by atoms with Gasteiger partial charge in [-0.25, -0.2) is 4.98 Å². The minimum absolute atomic E-state index is 0.421. The van der Waals surface area contributed by atoms with E-state index in [2.05, 4.69) is 10.3 Å². The van der Waals surface area contributed by atoms with Crippen molar-refractivity contribution in [2.75, 3.05) is 18.5 Å². The average molecular weight is 195 g/mol. The number of imidazole rings is 1. The molecule has 0 saturated carbocycles. The van der Waals surface area contributed by atoms with Crippen LogP contribution in [0.15, 0.2) is 6.20 Å². The Hall–Kier alpha value is -1.03. The molecule has 1 aromatic rings. The monoisotopic (exact) mass is 195 g/mol. The highest BCUT2D eigenvalue weighted by Gasteiger charge is 2.15. The fourth-order valence-electron chi connectivity index (χ4n) is 1.79. The molecule has 14 heavy (non-hydrogen) atoms. The molecule has 1 unspecified atom stereocenters. The number of aryl methyl sites for hydroxylation is 2. The highest BCUT2D eigenvalue weighted by Crippen LogP contribution is 2.13. The minimum atomic E-state index is 0.421. The van der Waals surface area contributed by atoms with Crippen molar-refractivity contribution >= 4 is 5.95 Å². The molecule has 1 aromatic heterocycles. The lowest BCUT2D eigenvalue weighted by Gasteiger charge is -2.23. The second kappa shape index (κ2) is 4.00. The Morgan fingerprint density at radius 1 is 1.64 bits per heavy atom. The summed E-state index contributed by atoms with van der Waals surface area (Å²) in [6, 6.07) is 0.421. The van der Waals surface area contributed by atoms with E-state index in [9.17, 15) is 0 Å². The number of anilines is 1. The quantitative estimate of drug-likeness (QED) is 0.773. The van der Waals surface area contributed by atoms with Gasteiger partial charge in [-0.05, 0) is 19.8 Å². The summed E-state index contributed by atoms with van der Waals surface area (Å²) in [5.74, 6) is 0.943. The van der Waals surface area contributed by atoms with Crippen molar-refractivity contribution in [3.63, 3.8) is 0 Å². The number of nitrogens with one attached hydrogen (secondary N) is 1. The molecule has 0 radical (unpaired) electrons. The van der Waals surface area contributed by atoms with E-state index in [1.165, 1.54) is 6.42 Å². The van der Waals surface area contributed by atoms with Crippen LogP contribution in [-0.4, -0.2) is 28.8 Å². The fraction of sp³-hybridized carbons (Fsp3) is 0.700. The van der Waals surface area contributed by atoms with Gasteiger partial charge >= 0.3 is 0 Å². The second-order valence-corrected chi connectivity index (χ2v) is 3.88. The Bertz CT molecular complexity index is 302. The lowest BCUT2D eigenvalue weighted by molar-refractivity contribution is 0.0873. The van der Waals surface area contributed by atoms with Gasteiger partial charge in [0.15, 0.2) is 0 Å². The summed E-state index contributed by atoms with van der Waals surface area (Å²) >= 11 is 0. The number of hydrogen-bond donors (Lipinski definition) is 1. The number of ether oxygens (including phenoxy) is 1. The Labute approximate surface area is 84.3 Å². The zero-order valence-corrected chi connectivity index (χ0v) is 8.79. The first-order valence-corrected chi connectivity index (χ1v) is 5.10. The molecule has 1 aliphatic heterocycles. The van der Waals surface area contributed by atoms with Crippen LogP contribution < -0.4 is 5.32 Å². The van der Waals surface area contributed by atoms with Crippen LogP contribution in [-0.2, 0) is 11.8 Å². The molecule has 1 saturated heterocycles. The van der Waals surface area contributed by atoms with Crippen LogP contribution in [0, 0.1) is 6.92 Å². The molecular weight excluding hydrogens is 178 g/mol. The van der Waals surface area contributed by atoms with E-state index >= 15 is 0 Å². The van der Waals surface area contributed by atoms with E-state index in [1.807, 2.05) is 24.7 Å². The second-order valence-electron chi connectivity index (χ2n) is 3.88. The molecule has 4 nitrogen and oxygen atoms in total. The lowest BCUT2D eigenvalue weighted by Crippen LogP contribution is -2.31. The molecule has 2 rings (SSSR count). The van der Waals surface area contributed by atoms with Crippen molar-refractivity contribution < 1.29 is 4.74 Å². The first kappa shape index (κ1) is 9.52. The van der Waals surface area contributed by atoms with Crippen molar-refractivity contribution in [2.45, 2.75) is 25.8 Å². The normalized spacial score (nSPS) is 22.3. The summed E-state index contributed by atoms with van der Waals surface area (Å²) in [5.41, 5.74) is 1.05. The third-order valence-electron chi connectivity index (χ3n) is 2.49. The summed E-state index contributed by atoms with van der Waals surface area (Å²) in [6.45, 7) is 3.70. The van der Waals surface area contributed by atoms with Crippen LogP contribution in [0.2, 0.25) is 0 Å². The summed E-state index contributed by atoms with van der Waals surface area (Å²) in [4.78, 5) is 4.40. The lowest BCUT2D eigenvalue weighted by atomic mass is 10.1. The van der Waals surface area contributed by atoms with Gasteiger partial charge in [-0.3, -0.25) is 0 Å². The van der Waals surface area contributed by atoms with Crippen LogP contribution in [0.3, 0.4) is 0 Å². The van der Waals surface area contributed by atoms with Crippen molar-refractivity contribution in [3.8, 4) is 0 Å². The predicted molar refractivity (Wildman–Crippen MR) is 55.4 cm³/mol. The Kier molecular flexibility index (Phi) is 2.72. The SMILES string of the molecule is Cc1cn(C)c(NC2CCCOC2)n1. The first-order valence-electron chi connectivity index (χ1n) is 5.10. The Morgan fingerprint density at radius 2 is 2.50 bits per heavy atom. The largest absolute Gasteiger partial charge is 0.379 e. The number of aromatic nitrogens is 2. The summed E-state index contributed by atoms with van der Waals surface area (Å²) in [6.07, 6.45) is 4.33. The summed E-state index contributed by atoms with van der Waals surface area (Å²) < 4.78 is 7.42. The van der Waals surface area contributed by atoms with Crippen molar-refractivity contribution in [1.82, 2.24) is 9.55 Å². The standard InChI is InChI=1S/C10H17N3O/c1-8-6-13(2)10(11-8)12-9-4-3-5-14-7-9/h6,9H,3-5,7H2,1-2H3,(H,11,12). The molecule has 0 amide bonds. The number of nitrogens with zero attached hydrogens (tertiary/aromatic N) is 2. The number of rotatable bonds is 2. The van der Waals surface area contributed by atoms with Crippen molar-refractivity contribution in [2.24, 2.45) is 7.05 Å². The Balaban J connectivity index is 1.98. The van der Waals surface area contributed by atoms with Gasteiger partial charge in [-0.1, -0.05) is 0 Å². The van der Waals surface area contributed by atoms with Crippen molar-refractivity contribution in [3.05, 3.63) is 11.9 Å².